The van der Waals surface area contributed by atoms with Gasteiger partial charge in [-0.3, -0.25) is 9.59 Å². The Balaban J connectivity index is 3.53. The summed E-state index contributed by atoms with van der Waals surface area (Å²) in [6.45, 7) is 5.90. The van der Waals surface area contributed by atoms with Crippen LogP contribution in [0.4, 0.5) is 0 Å². The number of hydrogen-bond acceptors (Lipinski definition) is 14. The summed E-state index contributed by atoms with van der Waals surface area (Å²) >= 11 is 0. The zero-order valence-electron chi connectivity index (χ0n) is 36.2. The minimum absolute atomic E-state index is 0.0843. The summed E-state index contributed by atoms with van der Waals surface area (Å²) in [6.07, 6.45) is 15.7. The smallest absolute Gasteiger partial charge is 0.235 e. The number of carbonyl (C=O) groups excluding carboxylic acids is 2. The van der Waals surface area contributed by atoms with Gasteiger partial charge in [0.1, 0.15) is 50.1 Å². The van der Waals surface area contributed by atoms with Crippen molar-refractivity contribution in [1.29, 1.82) is 0 Å². The molecule has 0 saturated heterocycles. The summed E-state index contributed by atoms with van der Waals surface area (Å²) in [5.74, 6) is -0.435. The summed E-state index contributed by atoms with van der Waals surface area (Å²) < 4.78 is 20.9. The quantitative estimate of drug-likeness (QED) is 0.0313. The third-order valence-corrected chi connectivity index (χ3v) is 9.85. The van der Waals surface area contributed by atoms with Crippen LogP contribution in [0.2, 0.25) is 0 Å². The first-order valence-corrected chi connectivity index (χ1v) is 22.5. The fourth-order valence-electron chi connectivity index (χ4n) is 6.11. The molecule has 16 heteroatoms. The molecule has 0 aliphatic heterocycles. The van der Waals surface area contributed by atoms with Gasteiger partial charge in [0.05, 0.1) is 39.5 Å². The van der Waals surface area contributed by atoms with E-state index in [4.69, 9.17) is 18.9 Å². The average Bonchev–Trinajstić information content (AvgIpc) is 3.22. The average molecular weight is 839 g/mol. The Hall–Kier alpha value is -1.54. The van der Waals surface area contributed by atoms with Crippen molar-refractivity contribution in [2.45, 2.75) is 179 Å². The van der Waals surface area contributed by atoms with Gasteiger partial charge in [-0.15, -0.1) is 0 Å². The topological polar surface area (TPSA) is 241 Å². The largest absolute Gasteiger partial charge is 0.388 e. The lowest BCUT2D eigenvalue weighted by atomic mass is 10.1. The number of hydrogen-bond donors (Lipinski definition) is 10. The molecule has 0 rings (SSSR count). The third-order valence-electron chi connectivity index (χ3n) is 9.85. The molecule has 0 saturated carbocycles. The van der Waals surface area contributed by atoms with Gasteiger partial charge in [-0.05, 0) is 39.3 Å². The van der Waals surface area contributed by atoms with Gasteiger partial charge in [-0.1, -0.05) is 116 Å². The lowest BCUT2D eigenvalue weighted by molar-refractivity contribution is -0.125. The van der Waals surface area contributed by atoms with Crippen LogP contribution in [0.1, 0.15) is 142 Å². The molecular formula is C42H86N4O12. The first-order valence-electron chi connectivity index (χ1n) is 22.5. The third kappa shape index (κ3) is 36.3. The van der Waals surface area contributed by atoms with Gasteiger partial charge in [-0.25, -0.2) is 0 Å². The Kier molecular flexibility index (Phi) is 41.0. The number of rotatable bonds is 45. The molecule has 2 amide bonds. The molecule has 0 aromatic carbocycles. The van der Waals surface area contributed by atoms with E-state index in [-0.39, 0.29) is 64.8 Å². The molecular weight excluding hydrogens is 752 g/mol. The van der Waals surface area contributed by atoms with E-state index in [1.54, 1.807) is 6.92 Å². The molecule has 0 spiro atoms. The molecule has 0 aromatic rings. The van der Waals surface area contributed by atoms with Crippen LogP contribution in [0.5, 0.6) is 0 Å². The molecule has 0 fully saturated rings. The Morgan fingerprint density at radius 1 is 0.431 bits per heavy atom. The van der Waals surface area contributed by atoms with Gasteiger partial charge >= 0.3 is 0 Å². The van der Waals surface area contributed by atoms with Gasteiger partial charge in [0.2, 0.25) is 11.8 Å². The maximum Gasteiger partial charge on any atom is 0.235 e. The predicted molar refractivity (Wildman–Crippen MR) is 225 cm³/mol. The molecule has 346 valence electrons. The number of ether oxygens (including phenoxy) is 4. The van der Waals surface area contributed by atoms with E-state index >= 15 is 0 Å². The van der Waals surface area contributed by atoms with Crippen LogP contribution in [0.15, 0.2) is 0 Å². The summed E-state index contributed by atoms with van der Waals surface area (Å²) in [5.41, 5.74) is 0. The second kappa shape index (κ2) is 42.2. The molecule has 0 radical (unpaired) electrons. The van der Waals surface area contributed by atoms with E-state index in [0.29, 0.717) is 13.2 Å². The van der Waals surface area contributed by atoms with Crippen molar-refractivity contribution < 1.29 is 59.2 Å². The number of unbranched alkanes of at least 4 members (excludes halogenated alkanes) is 18. The molecule has 58 heavy (non-hydrogen) atoms. The zero-order chi connectivity index (χ0) is 42.9. The highest BCUT2D eigenvalue weighted by Crippen LogP contribution is 2.12. The molecule has 0 aliphatic carbocycles. The predicted octanol–water partition coefficient (Wildman–Crippen LogP) is 2.39. The van der Waals surface area contributed by atoms with Gasteiger partial charge in [0, 0.05) is 13.2 Å². The van der Waals surface area contributed by atoms with E-state index in [0.717, 1.165) is 70.9 Å². The zero-order valence-corrected chi connectivity index (χ0v) is 36.2. The highest BCUT2D eigenvalue weighted by atomic mass is 16.5. The van der Waals surface area contributed by atoms with Gasteiger partial charge in [0.15, 0.2) is 0 Å². The maximum atomic E-state index is 12.0. The minimum atomic E-state index is -1.42. The Labute approximate surface area is 349 Å². The fourth-order valence-corrected chi connectivity index (χ4v) is 6.11. The number of nitrogens with one attached hydrogen (secondary N) is 4. The molecule has 10 N–H and O–H groups in total. The van der Waals surface area contributed by atoms with Crippen LogP contribution in [0, 0.1) is 0 Å². The fraction of sp³-hybridized carbons (Fsp3) is 0.952. The monoisotopic (exact) mass is 839 g/mol. The van der Waals surface area contributed by atoms with Crippen molar-refractivity contribution in [3.8, 4) is 0 Å². The van der Waals surface area contributed by atoms with Crippen molar-refractivity contribution in [1.82, 2.24) is 21.3 Å². The van der Waals surface area contributed by atoms with Crippen molar-refractivity contribution in [2.24, 2.45) is 0 Å². The van der Waals surface area contributed by atoms with Crippen LogP contribution < -0.4 is 21.3 Å². The number of aliphatic hydroxyl groups is 6. The van der Waals surface area contributed by atoms with Crippen molar-refractivity contribution in [2.75, 3.05) is 79.3 Å². The Morgan fingerprint density at radius 3 is 1.14 bits per heavy atom. The highest BCUT2D eigenvalue weighted by molar-refractivity contribution is 5.78. The van der Waals surface area contributed by atoms with E-state index in [9.17, 15) is 40.2 Å². The highest BCUT2D eigenvalue weighted by Gasteiger charge is 2.26. The lowest BCUT2D eigenvalue weighted by Crippen LogP contribution is -2.43. The van der Waals surface area contributed by atoms with Crippen molar-refractivity contribution in [3.05, 3.63) is 0 Å². The van der Waals surface area contributed by atoms with Crippen LogP contribution in [0.25, 0.3) is 0 Å². The second-order valence-corrected chi connectivity index (χ2v) is 15.3. The first-order chi connectivity index (χ1) is 28.1. The van der Waals surface area contributed by atoms with Crippen molar-refractivity contribution in [3.63, 3.8) is 0 Å². The van der Waals surface area contributed by atoms with Gasteiger partial charge < -0.3 is 70.9 Å². The van der Waals surface area contributed by atoms with Gasteiger partial charge in [-0.2, -0.15) is 0 Å². The van der Waals surface area contributed by atoms with Gasteiger partial charge in [0.25, 0.3) is 0 Å². The van der Waals surface area contributed by atoms with E-state index in [1.165, 1.54) is 70.6 Å². The van der Waals surface area contributed by atoms with Crippen molar-refractivity contribution >= 4 is 11.8 Å². The SMILES string of the molecule is CCCCCCCCCCCCNCC(=O)NCOCC(O)C(O)C(O)COCCCCCCCCCCCCNCC(=O)NCOCC(O)C(O)C(O)COCC. The summed E-state index contributed by atoms with van der Waals surface area (Å²) in [6, 6.07) is 0. The molecule has 16 nitrogen and oxygen atoms in total. The van der Waals surface area contributed by atoms with E-state index in [2.05, 4.69) is 28.2 Å². The number of aliphatic hydroxyl groups excluding tert-OH is 6. The summed E-state index contributed by atoms with van der Waals surface area (Å²) in [7, 11) is 0. The Bertz CT molecular complexity index is 912. The maximum absolute atomic E-state index is 12.0. The second-order valence-electron chi connectivity index (χ2n) is 15.3. The number of amides is 2. The molecule has 6 unspecified atom stereocenters. The lowest BCUT2D eigenvalue weighted by Gasteiger charge is -2.23. The van der Waals surface area contributed by atoms with Crippen LogP contribution in [-0.4, -0.2) is 158 Å². The summed E-state index contributed by atoms with van der Waals surface area (Å²) in [4.78, 5) is 23.9. The molecule has 0 bridgehead atoms. The molecule has 0 aromatic heterocycles. The molecule has 0 aliphatic rings. The van der Waals surface area contributed by atoms with E-state index < -0.39 is 36.6 Å². The number of carbonyl (C=O) groups is 2. The standard InChI is InChI=1S/C42H86N4O12/c1-3-5-6-7-8-9-12-15-18-21-24-43-28-40(52)46-34-58-32-38(50)42(54)36(48)30-56-26-23-20-17-14-11-10-13-16-19-22-25-44-27-39(51)45-33-57-31-37(49)41(53)35(47)29-55-4-2/h35-38,41-44,47-50,53-54H,3-34H2,1-2H3,(H,45,51)(H,46,52). The van der Waals surface area contributed by atoms with Crippen LogP contribution >= 0.6 is 0 Å². The van der Waals surface area contributed by atoms with E-state index in [1.807, 2.05) is 0 Å². The Morgan fingerprint density at radius 2 is 0.759 bits per heavy atom. The molecule has 0 heterocycles. The summed E-state index contributed by atoms with van der Waals surface area (Å²) in [5, 5.41) is 71.4. The van der Waals surface area contributed by atoms with Crippen LogP contribution in [-0.2, 0) is 28.5 Å². The first kappa shape index (κ1) is 56.5. The normalized spacial score (nSPS) is 14.8. The van der Waals surface area contributed by atoms with Crippen LogP contribution in [0.3, 0.4) is 0 Å². The molecule has 6 atom stereocenters. The minimum Gasteiger partial charge on any atom is -0.388 e.